The number of fused-ring (bicyclic) bond motifs is 1. The molecule has 1 saturated heterocycles. The minimum absolute atomic E-state index is 0.479. The van der Waals surface area contributed by atoms with Crippen LogP contribution in [-0.4, -0.2) is 53.7 Å². The second kappa shape index (κ2) is 6.58. The molecule has 22 heavy (non-hydrogen) atoms. The smallest absolute Gasteiger partial charge is 0.162 e. The molecule has 2 aromatic rings. The molecule has 2 N–H and O–H groups in total. The average molecular weight is 320 g/mol. The van der Waals surface area contributed by atoms with Crippen LogP contribution in [0.5, 0.6) is 11.5 Å². The summed E-state index contributed by atoms with van der Waals surface area (Å²) in [5.41, 5.74) is 6.89. The van der Waals surface area contributed by atoms with Gasteiger partial charge in [0.15, 0.2) is 11.5 Å². The van der Waals surface area contributed by atoms with E-state index in [0.717, 1.165) is 47.9 Å². The number of hydrogen-bond acceptors (Lipinski definition) is 7. The minimum atomic E-state index is 0.479. The molecule has 3 rings (SSSR count). The highest BCUT2D eigenvalue weighted by Crippen LogP contribution is 2.33. The van der Waals surface area contributed by atoms with Crippen LogP contribution in [0.25, 0.3) is 10.9 Å². The number of nitrogens with two attached hydrogens (primary N) is 1. The summed E-state index contributed by atoms with van der Waals surface area (Å²) in [6.45, 7) is 2.87. The first kappa shape index (κ1) is 15.2. The van der Waals surface area contributed by atoms with E-state index in [-0.39, 0.29) is 0 Å². The first-order valence-corrected chi connectivity index (χ1v) is 8.35. The summed E-state index contributed by atoms with van der Waals surface area (Å²) < 4.78 is 10.6. The van der Waals surface area contributed by atoms with Crippen LogP contribution < -0.4 is 15.2 Å². The normalized spacial score (nSPS) is 15.9. The molecule has 1 aliphatic rings. The van der Waals surface area contributed by atoms with Crippen molar-refractivity contribution < 1.29 is 9.47 Å². The van der Waals surface area contributed by atoms with Gasteiger partial charge in [0.05, 0.1) is 26.3 Å². The second-order valence-electron chi connectivity index (χ2n) is 5.14. The van der Waals surface area contributed by atoms with Gasteiger partial charge in [-0.1, -0.05) is 0 Å². The summed E-state index contributed by atoms with van der Waals surface area (Å²) >= 11 is 1.99. The van der Waals surface area contributed by atoms with Crippen LogP contribution in [0.2, 0.25) is 0 Å². The maximum absolute atomic E-state index is 6.11. The van der Waals surface area contributed by atoms with E-state index in [9.17, 15) is 0 Å². The molecule has 0 atom stereocenters. The molecule has 0 spiro atoms. The van der Waals surface area contributed by atoms with Crippen molar-refractivity contribution in [3.8, 4) is 11.5 Å². The van der Waals surface area contributed by atoms with Gasteiger partial charge in [-0.05, 0) is 6.07 Å². The molecule has 2 heterocycles. The zero-order valence-corrected chi connectivity index (χ0v) is 13.7. The number of benzene rings is 1. The summed E-state index contributed by atoms with van der Waals surface area (Å²) in [5, 5.41) is 0.788. The lowest BCUT2D eigenvalue weighted by atomic mass is 10.2. The van der Waals surface area contributed by atoms with E-state index in [2.05, 4.69) is 14.9 Å². The zero-order chi connectivity index (χ0) is 15.5. The van der Waals surface area contributed by atoms with Crippen molar-refractivity contribution in [2.75, 3.05) is 44.5 Å². The lowest BCUT2D eigenvalue weighted by molar-refractivity contribution is 0.287. The number of nitrogens with zero attached hydrogens (tertiary/aromatic N) is 3. The van der Waals surface area contributed by atoms with E-state index in [4.69, 9.17) is 15.2 Å². The van der Waals surface area contributed by atoms with Crippen LogP contribution >= 0.6 is 11.8 Å². The van der Waals surface area contributed by atoms with Crippen LogP contribution in [0.1, 0.15) is 5.82 Å². The highest BCUT2D eigenvalue weighted by Gasteiger charge is 2.15. The third kappa shape index (κ3) is 3.05. The molecule has 6 nitrogen and oxygen atoms in total. The number of methoxy groups -OCH3 is 2. The Hall–Kier alpha value is -1.73. The predicted octanol–water partition coefficient (Wildman–Crippen LogP) is 1.78. The monoisotopic (exact) mass is 320 g/mol. The first-order valence-electron chi connectivity index (χ1n) is 7.19. The lowest BCUT2D eigenvalue weighted by Crippen LogP contribution is -2.32. The number of hydrogen-bond donors (Lipinski definition) is 1. The van der Waals surface area contributed by atoms with Crippen LogP contribution in [-0.2, 0) is 6.54 Å². The molecule has 1 fully saturated rings. The van der Waals surface area contributed by atoms with Gasteiger partial charge in [-0.3, -0.25) is 4.90 Å². The van der Waals surface area contributed by atoms with Crippen molar-refractivity contribution in [1.29, 1.82) is 0 Å². The van der Waals surface area contributed by atoms with E-state index in [0.29, 0.717) is 17.3 Å². The lowest BCUT2D eigenvalue weighted by Gasteiger charge is -2.25. The molecule has 1 aliphatic heterocycles. The van der Waals surface area contributed by atoms with E-state index in [1.54, 1.807) is 14.2 Å². The van der Waals surface area contributed by atoms with Gasteiger partial charge in [-0.25, -0.2) is 9.97 Å². The fourth-order valence-electron chi connectivity index (χ4n) is 2.56. The fourth-order valence-corrected chi connectivity index (χ4v) is 3.54. The Labute approximate surface area is 134 Å². The third-order valence-electron chi connectivity index (χ3n) is 3.75. The molecular formula is C15H20N4O2S. The van der Waals surface area contributed by atoms with Gasteiger partial charge < -0.3 is 15.2 Å². The third-order valence-corrected chi connectivity index (χ3v) is 4.69. The van der Waals surface area contributed by atoms with Crippen molar-refractivity contribution in [2.45, 2.75) is 6.54 Å². The van der Waals surface area contributed by atoms with Crippen LogP contribution in [0.4, 0.5) is 5.82 Å². The first-order chi connectivity index (χ1) is 10.7. The van der Waals surface area contributed by atoms with Crippen molar-refractivity contribution in [1.82, 2.24) is 14.9 Å². The summed E-state index contributed by atoms with van der Waals surface area (Å²) in [6, 6.07) is 3.67. The molecule has 1 aromatic heterocycles. The van der Waals surface area contributed by atoms with Crippen molar-refractivity contribution in [2.24, 2.45) is 0 Å². The molecule has 0 amide bonds. The maximum atomic E-state index is 6.11. The number of nitrogen functional groups attached to an aromatic ring is 1. The van der Waals surface area contributed by atoms with Gasteiger partial charge in [-0.2, -0.15) is 11.8 Å². The van der Waals surface area contributed by atoms with E-state index >= 15 is 0 Å². The summed E-state index contributed by atoms with van der Waals surface area (Å²) in [4.78, 5) is 11.4. The SMILES string of the molecule is COc1cc2nc(CN3CCSCC3)nc(N)c2cc1OC. The molecule has 0 bridgehead atoms. The predicted molar refractivity (Wildman–Crippen MR) is 89.7 cm³/mol. The van der Waals surface area contributed by atoms with Gasteiger partial charge >= 0.3 is 0 Å². The number of ether oxygens (including phenoxy) is 2. The number of aromatic nitrogens is 2. The van der Waals surface area contributed by atoms with Gasteiger partial charge in [0, 0.05) is 36.0 Å². The van der Waals surface area contributed by atoms with Crippen LogP contribution in [0.3, 0.4) is 0 Å². The van der Waals surface area contributed by atoms with Crippen LogP contribution in [0, 0.1) is 0 Å². The maximum Gasteiger partial charge on any atom is 0.162 e. The van der Waals surface area contributed by atoms with E-state index in [1.807, 2.05) is 23.9 Å². The van der Waals surface area contributed by atoms with E-state index in [1.165, 1.54) is 0 Å². The Balaban J connectivity index is 1.96. The Bertz CT molecular complexity index is 674. The highest BCUT2D eigenvalue weighted by atomic mass is 32.2. The quantitative estimate of drug-likeness (QED) is 0.920. The standard InChI is InChI=1S/C15H20N4O2S/c1-20-12-7-10-11(8-13(12)21-2)17-14(18-15(10)16)9-19-3-5-22-6-4-19/h7-8H,3-6,9H2,1-2H3,(H2,16,17,18). The van der Waals surface area contributed by atoms with Gasteiger partial charge in [-0.15, -0.1) is 0 Å². The summed E-state index contributed by atoms with van der Waals surface area (Å²) in [7, 11) is 3.21. The molecular weight excluding hydrogens is 300 g/mol. The van der Waals surface area contributed by atoms with Gasteiger partial charge in [0.25, 0.3) is 0 Å². The van der Waals surface area contributed by atoms with Crippen molar-refractivity contribution in [3.63, 3.8) is 0 Å². The number of thioether (sulfide) groups is 1. The Kier molecular flexibility index (Phi) is 4.54. The fraction of sp³-hybridized carbons (Fsp3) is 0.467. The molecule has 7 heteroatoms. The molecule has 0 saturated carbocycles. The van der Waals surface area contributed by atoms with Gasteiger partial charge in [0.1, 0.15) is 11.6 Å². The number of anilines is 1. The largest absolute Gasteiger partial charge is 0.493 e. The Morgan fingerprint density at radius 2 is 1.82 bits per heavy atom. The molecule has 0 unspecified atom stereocenters. The molecule has 0 radical (unpaired) electrons. The van der Waals surface area contributed by atoms with Crippen molar-refractivity contribution in [3.05, 3.63) is 18.0 Å². The second-order valence-corrected chi connectivity index (χ2v) is 6.36. The minimum Gasteiger partial charge on any atom is -0.493 e. The zero-order valence-electron chi connectivity index (χ0n) is 12.8. The molecule has 118 valence electrons. The van der Waals surface area contributed by atoms with E-state index < -0.39 is 0 Å². The summed E-state index contributed by atoms with van der Waals surface area (Å²) in [6.07, 6.45) is 0. The van der Waals surface area contributed by atoms with Crippen molar-refractivity contribution >= 4 is 28.5 Å². The molecule has 0 aliphatic carbocycles. The average Bonchev–Trinajstić information content (AvgIpc) is 2.54. The van der Waals surface area contributed by atoms with Crippen LogP contribution in [0.15, 0.2) is 12.1 Å². The molecule has 1 aromatic carbocycles. The highest BCUT2D eigenvalue weighted by molar-refractivity contribution is 7.99. The van der Waals surface area contributed by atoms with Gasteiger partial charge in [0.2, 0.25) is 0 Å². The topological polar surface area (TPSA) is 73.5 Å². The summed E-state index contributed by atoms with van der Waals surface area (Å²) in [5.74, 6) is 4.83. The Morgan fingerprint density at radius 3 is 2.50 bits per heavy atom. The Morgan fingerprint density at radius 1 is 1.14 bits per heavy atom. The number of rotatable bonds is 4.